The Hall–Kier alpha value is -2.07. The number of benzene rings is 2. The Balaban J connectivity index is 2.32. The van der Waals surface area contributed by atoms with Gasteiger partial charge in [0, 0.05) is 4.90 Å². The van der Waals surface area contributed by atoms with Crippen LogP contribution in [0.1, 0.15) is 27.0 Å². The van der Waals surface area contributed by atoms with Gasteiger partial charge in [-0.05, 0) is 42.7 Å². The van der Waals surface area contributed by atoms with Gasteiger partial charge in [-0.25, -0.2) is 4.79 Å². The average molecular weight is 316 g/mol. The zero-order valence-corrected chi connectivity index (χ0v) is 13.5. The van der Waals surface area contributed by atoms with Gasteiger partial charge in [0.15, 0.2) is 5.16 Å². The molecular weight excluding hydrogens is 299 g/mol. The summed E-state index contributed by atoms with van der Waals surface area (Å²) >= 11 is 1.06. The molecule has 0 aliphatic rings. The number of rotatable bonds is 4. The van der Waals surface area contributed by atoms with Crippen LogP contribution < -0.4 is 0 Å². The van der Waals surface area contributed by atoms with Gasteiger partial charge in [0.1, 0.15) is 0 Å². The highest BCUT2D eigenvalue weighted by molar-refractivity contribution is 8.03. The Morgan fingerprint density at radius 3 is 2.36 bits per heavy atom. The molecule has 0 aliphatic heterocycles. The third-order valence-corrected chi connectivity index (χ3v) is 4.40. The van der Waals surface area contributed by atoms with Crippen LogP contribution in [0.3, 0.4) is 0 Å². The fraction of sp³-hybridized carbons (Fsp3) is 0.167. The van der Waals surface area contributed by atoms with E-state index in [9.17, 15) is 9.18 Å². The first kappa shape index (κ1) is 16.3. The van der Waals surface area contributed by atoms with Gasteiger partial charge >= 0.3 is 5.97 Å². The van der Waals surface area contributed by atoms with Crippen LogP contribution >= 0.6 is 11.8 Å². The van der Waals surface area contributed by atoms with Crippen molar-refractivity contribution in [3.8, 4) is 0 Å². The minimum Gasteiger partial charge on any atom is -0.465 e. The fourth-order valence-electron chi connectivity index (χ4n) is 2.13. The minimum atomic E-state index is -0.475. The summed E-state index contributed by atoms with van der Waals surface area (Å²) in [5.41, 5.74) is 2.90. The summed E-state index contributed by atoms with van der Waals surface area (Å²) in [6, 6.07) is 12.6. The quantitative estimate of drug-likeness (QED) is 0.576. The van der Waals surface area contributed by atoms with E-state index in [4.69, 9.17) is 4.74 Å². The second kappa shape index (κ2) is 7.27. The fourth-order valence-corrected chi connectivity index (χ4v) is 2.97. The molecule has 2 rings (SSSR count). The van der Waals surface area contributed by atoms with E-state index in [0.29, 0.717) is 11.1 Å². The molecule has 0 spiro atoms. The first-order chi connectivity index (χ1) is 10.5. The third kappa shape index (κ3) is 3.77. The maximum absolute atomic E-state index is 14.4. The lowest BCUT2D eigenvalue weighted by Gasteiger charge is -2.08. The molecule has 0 aliphatic carbocycles. The van der Waals surface area contributed by atoms with Crippen molar-refractivity contribution in [1.29, 1.82) is 0 Å². The first-order valence-electron chi connectivity index (χ1n) is 6.81. The van der Waals surface area contributed by atoms with Crippen molar-refractivity contribution in [1.82, 2.24) is 0 Å². The maximum Gasteiger partial charge on any atom is 0.338 e. The zero-order chi connectivity index (χ0) is 16.1. The van der Waals surface area contributed by atoms with E-state index in [1.807, 2.05) is 32.0 Å². The first-order valence-corrected chi connectivity index (χ1v) is 7.63. The number of ether oxygens (including phenoxy) is 1. The summed E-state index contributed by atoms with van der Waals surface area (Å²) in [7, 11) is 1.31. The van der Waals surface area contributed by atoms with Gasteiger partial charge in [-0.2, -0.15) is 4.39 Å². The van der Waals surface area contributed by atoms with Crippen LogP contribution in [-0.2, 0) is 4.74 Å². The number of thioether (sulfide) groups is 1. The number of carbonyl (C=O) groups is 1. The number of hydrogen-bond acceptors (Lipinski definition) is 3. The lowest BCUT2D eigenvalue weighted by molar-refractivity contribution is 0.0600. The van der Waals surface area contributed by atoms with Crippen molar-refractivity contribution in [3.63, 3.8) is 0 Å². The van der Waals surface area contributed by atoms with Gasteiger partial charge in [-0.15, -0.1) is 0 Å². The molecule has 2 nitrogen and oxygen atoms in total. The molecule has 0 N–H and O–H groups in total. The maximum atomic E-state index is 14.4. The van der Waals surface area contributed by atoms with Crippen LogP contribution in [-0.4, -0.2) is 13.1 Å². The van der Waals surface area contributed by atoms with Gasteiger partial charge in [0.25, 0.3) is 0 Å². The summed E-state index contributed by atoms with van der Waals surface area (Å²) in [6.07, 6.45) is 1.36. The molecule has 0 saturated carbocycles. The standard InChI is InChI=1S/C18H17FO2S/c1-12-7-6-8-13(2)17(12)22-16(19)11-14-9-4-5-10-15(14)18(20)21-3/h4-11H,1-3H3/b16-11+. The molecule has 0 amide bonds. The van der Waals surface area contributed by atoms with Gasteiger partial charge in [-0.3, -0.25) is 0 Å². The van der Waals surface area contributed by atoms with Gasteiger partial charge in [0.2, 0.25) is 0 Å². The smallest absolute Gasteiger partial charge is 0.338 e. The van der Waals surface area contributed by atoms with Crippen LogP contribution in [0, 0.1) is 13.8 Å². The van der Waals surface area contributed by atoms with E-state index in [0.717, 1.165) is 27.8 Å². The number of esters is 1. The zero-order valence-electron chi connectivity index (χ0n) is 12.7. The van der Waals surface area contributed by atoms with Crippen LogP contribution in [0.4, 0.5) is 4.39 Å². The van der Waals surface area contributed by atoms with E-state index >= 15 is 0 Å². The Bertz CT molecular complexity index is 703. The lowest BCUT2D eigenvalue weighted by Crippen LogP contribution is -2.03. The van der Waals surface area contributed by atoms with Gasteiger partial charge in [0.05, 0.1) is 12.7 Å². The summed E-state index contributed by atoms with van der Waals surface area (Å²) in [6.45, 7) is 3.90. The van der Waals surface area contributed by atoms with Crippen molar-refractivity contribution < 1.29 is 13.9 Å². The Morgan fingerprint density at radius 2 is 1.73 bits per heavy atom. The molecule has 2 aromatic rings. The molecular formula is C18H17FO2S. The summed E-state index contributed by atoms with van der Waals surface area (Å²) in [4.78, 5) is 12.6. The monoisotopic (exact) mass is 316 g/mol. The number of aryl methyl sites for hydroxylation is 2. The molecule has 0 saturated heterocycles. The lowest BCUT2D eigenvalue weighted by atomic mass is 10.1. The van der Waals surface area contributed by atoms with Crippen molar-refractivity contribution in [2.24, 2.45) is 0 Å². The van der Waals surface area contributed by atoms with E-state index < -0.39 is 5.97 Å². The molecule has 0 atom stereocenters. The molecule has 4 heteroatoms. The summed E-state index contributed by atoms with van der Waals surface area (Å²) in [5, 5.41) is -0.367. The largest absolute Gasteiger partial charge is 0.465 e. The topological polar surface area (TPSA) is 26.3 Å². The van der Waals surface area contributed by atoms with Gasteiger partial charge in [-0.1, -0.05) is 48.2 Å². The highest BCUT2D eigenvalue weighted by atomic mass is 32.2. The van der Waals surface area contributed by atoms with Crippen LogP contribution in [0.5, 0.6) is 0 Å². The molecule has 114 valence electrons. The van der Waals surface area contributed by atoms with Crippen LogP contribution in [0.15, 0.2) is 52.5 Å². The predicted octanol–water partition coefficient (Wildman–Crippen LogP) is 5.15. The molecule has 0 heterocycles. The Labute approximate surface area is 134 Å². The van der Waals surface area contributed by atoms with Crippen molar-refractivity contribution in [2.45, 2.75) is 18.7 Å². The van der Waals surface area contributed by atoms with E-state index in [-0.39, 0.29) is 5.16 Å². The van der Waals surface area contributed by atoms with Gasteiger partial charge < -0.3 is 4.74 Å². The molecule has 22 heavy (non-hydrogen) atoms. The van der Waals surface area contributed by atoms with E-state index in [2.05, 4.69) is 0 Å². The molecule has 0 aromatic heterocycles. The third-order valence-electron chi connectivity index (χ3n) is 3.24. The summed E-state index contributed by atoms with van der Waals surface area (Å²) < 4.78 is 19.1. The second-order valence-electron chi connectivity index (χ2n) is 4.85. The minimum absolute atomic E-state index is 0.349. The van der Waals surface area contributed by atoms with Crippen molar-refractivity contribution in [3.05, 3.63) is 69.9 Å². The van der Waals surface area contributed by atoms with E-state index in [1.165, 1.54) is 13.2 Å². The molecule has 0 fully saturated rings. The Morgan fingerprint density at radius 1 is 1.09 bits per heavy atom. The highest BCUT2D eigenvalue weighted by Gasteiger charge is 2.11. The number of carbonyl (C=O) groups excluding carboxylic acids is 1. The van der Waals surface area contributed by atoms with E-state index in [1.54, 1.807) is 24.3 Å². The van der Waals surface area contributed by atoms with Crippen molar-refractivity contribution in [2.75, 3.05) is 7.11 Å². The second-order valence-corrected chi connectivity index (χ2v) is 5.85. The highest BCUT2D eigenvalue weighted by Crippen LogP contribution is 2.34. The predicted molar refractivity (Wildman–Crippen MR) is 88.6 cm³/mol. The molecule has 0 radical (unpaired) electrons. The molecule has 0 unspecified atom stereocenters. The summed E-state index contributed by atoms with van der Waals surface area (Å²) in [5.74, 6) is -0.475. The normalized spacial score (nSPS) is 11.4. The SMILES string of the molecule is COC(=O)c1ccccc1/C=C(\F)Sc1c(C)cccc1C. The molecule has 0 bridgehead atoms. The Kier molecular flexibility index (Phi) is 5.39. The average Bonchev–Trinajstić information content (AvgIpc) is 2.51. The van der Waals surface area contributed by atoms with Crippen LogP contribution in [0.2, 0.25) is 0 Å². The van der Waals surface area contributed by atoms with Crippen molar-refractivity contribution >= 4 is 23.8 Å². The number of halogens is 1. The van der Waals surface area contributed by atoms with Crippen LogP contribution in [0.25, 0.3) is 6.08 Å². The number of hydrogen-bond donors (Lipinski definition) is 0. The number of methoxy groups -OCH3 is 1. The molecule has 2 aromatic carbocycles.